The van der Waals surface area contributed by atoms with Gasteiger partial charge in [0.1, 0.15) is 5.76 Å². The molecule has 2 amide bonds. The van der Waals surface area contributed by atoms with E-state index in [1.165, 1.54) is 0 Å². The minimum Gasteiger partial charge on any atom is -0.467 e. The highest BCUT2D eigenvalue weighted by molar-refractivity contribution is 7.84. The first-order valence-corrected chi connectivity index (χ1v) is 8.05. The lowest BCUT2D eigenvalue weighted by atomic mass is 10.2. The number of hydrogen-bond acceptors (Lipinski definition) is 3. The predicted molar refractivity (Wildman–Crippen MR) is 82.7 cm³/mol. The van der Waals surface area contributed by atoms with Crippen molar-refractivity contribution >= 4 is 22.5 Å². The molecule has 2 rings (SSSR count). The number of carbonyl (C=O) groups excluding carboxylic acids is 1. The van der Waals surface area contributed by atoms with Crippen LogP contribution in [0.5, 0.6) is 0 Å². The van der Waals surface area contributed by atoms with Crippen molar-refractivity contribution in [3.63, 3.8) is 0 Å². The molecule has 0 aliphatic heterocycles. The van der Waals surface area contributed by atoms with Gasteiger partial charge in [0.25, 0.3) is 0 Å². The van der Waals surface area contributed by atoms with E-state index in [-0.39, 0.29) is 12.1 Å². The molecular formula is C15H18N2O3S. The van der Waals surface area contributed by atoms with Gasteiger partial charge in [-0.15, -0.1) is 0 Å². The van der Waals surface area contributed by atoms with Gasteiger partial charge in [-0.05, 0) is 37.3 Å². The first-order valence-electron chi connectivity index (χ1n) is 6.49. The van der Waals surface area contributed by atoms with E-state index in [2.05, 4.69) is 5.32 Å². The quantitative estimate of drug-likeness (QED) is 0.943. The normalized spacial score (nSPS) is 13.5. The molecule has 0 aliphatic rings. The zero-order chi connectivity index (χ0) is 15.4. The molecule has 0 saturated carbocycles. The Balaban J connectivity index is 2.07. The van der Waals surface area contributed by atoms with Crippen LogP contribution in [0.2, 0.25) is 0 Å². The Morgan fingerprint density at radius 1 is 1.33 bits per heavy atom. The van der Waals surface area contributed by atoms with E-state index in [0.717, 1.165) is 5.76 Å². The van der Waals surface area contributed by atoms with E-state index in [1.54, 1.807) is 54.8 Å². The summed E-state index contributed by atoms with van der Waals surface area (Å²) in [6, 6.07) is 10.2. The molecule has 2 aromatic rings. The summed E-state index contributed by atoms with van der Waals surface area (Å²) in [5, 5.41) is 2.79. The van der Waals surface area contributed by atoms with Crippen LogP contribution in [0.1, 0.15) is 18.7 Å². The summed E-state index contributed by atoms with van der Waals surface area (Å²) in [5.41, 5.74) is 0.617. The maximum atomic E-state index is 12.2. The molecule has 0 saturated heterocycles. The van der Waals surface area contributed by atoms with Crippen LogP contribution in [0.25, 0.3) is 0 Å². The highest BCUT2D eigenvalue weighted by Gasteiger charge is 2.19. The fraction of sp³-hybridized carbons (Fsp3) is 0.267. The van der Waals surface area contributed by atoms with Crippen LogP contribution in [-0.4, -0.2) is 28.4 Å². The van der Waals surface area contributed by atoms with Gasteiger partial charge in [0.2, 0.25) is 0 Å². The molecule has 1 aromatic heterocycles. The van der Waals surface area contributed by atoms with E-state index >= 15 is 0 Å². The van der Waals surface area contributed by atoms with Crippen LogP contribution in [0.4, 0.5) is 10.5 Å². The Labute approximate surface area is 126 Å². The van der Waals surface area contributed by atoms with Gasteiger partial charge in [-0.25, -0.2) is 4.79 Å². The Hall–Kier alpha value is -2.08. The van der Waals surface area contributed by atoms with Gasteiger partial charge in [0.05, 0.1) is 12.3 Å². The summed E-state index contributed by atoms with van der Waals surface area (Å²) < 4.78 is 16.8. The Morgan fingerprint density at radius 2 is 2.10 bits per heavy atom. The molecule has 21 heavy (non-hydrogen) atoms. The minimum atomic E-state index is -1.08. The van der Waals surface area contributed by atoms with Crippen molar-refractivity contribution in [1.29, 1.82) is 0 Å². The van der Waals surface area contributed by atoms with Crippen LogP contribution in [0.3, 0.4) is 0 Å². The Morgan fingerprint density at radius 3 is 2.71 bits per heavy atom. The van der Waals surface area contributed by atoms with Gasteiger partial charge in [-0.3, -0.25) is 4.21 Å². The van der Waals surface area contributed by atoms with Crippen molar-refractivity contribution in [2.45, 2.75) is 17.9 Å². The summed E-state index contributed by atoms with van der Waals surface area (Å²) >= 11 is 0. The van der Waals surface area contributed by atoms with Crippen LogP contribution in [0, 0.1) is 0 Å². The SMILES string of the molecule is C[C@@H](c1ccco1)N(C)C(=O)Nc1cccc([S@@](C)=O)c1. The summed E-state index contributed by atoms with van der Waals surface area (Å²) in [6.45, 7) is 1.88. The molecule has 0 aliphatic carbocycles. The van der Waals surface area contributed by atoms with E-state index in [0.29, 0.717) is 10.6 Å². The molecule has 1 aromatic carbocycles. The van der Waals surface area contributed by atoms with Gasteiger partial charge in [-0.2, -0.15) is 0 Å². The Kier molecular flexibility index (Phi) is 4.80. The van der Waals surface area contributed by atoms with Crippen LogP contribution < -0.4 is 5.32 Å². The molecular weight excluding hydrogens is 288 g/mol. The second-order valence-corrected chi connectivity index (χ2v) is 6.09. The highest BCUT2D eigenvalue weighted by Crippen LogP contribution is 2.20. The summed E-state index contributed by atoms with van der Waals surface area (Å²) in [6.07, 6.45) is 3.18. The fourth-order valence-corrected chi connectivity index (χ4v) is 2.42. The molecule has 112 valence electrons. The first-order chi connectivity index (χ1) is 9.99. The van der Waals surface area contributed by atoms with Crippen molar-refractivity contribution in [3.8, 4) is 0 Å². The highest BCUT2D eigenvalue weighted by atomic mass is 32.2. The molecule has 0 radical (unpaired) electrons. The largest absolute Gasteiger partial charge is 0.467 e. The number of anilines is 1. The lowest BCUT2D eigenvalue weighted by molar-refractivity contribution is 0.201. The van der Waals surface area contributed by atoms with E-state index in [9.17, 15) is 9.00 Å². The second kappa shape index (κ2) is 6.58. The number of urea groups is 1. The third kappa shape index (κ3) is 3.72. The maximum Gasteiger partial charge on any atom is 0.322 e. The Bertz CT molecular complexity index is 640. The maximum absolute atomic E-state index is 12.2. The van der Waals surface area contributed by atoms with Gasteiger partial charge in [0.15, 0.2) is 0 Å². The van der Waals surface area contributed by atoms with Gasteiger partial charge >= 0.3 is 6.03 Å². The molecule has 0 unspecified atom stereocenters. The van der Waals surface area contributed by atoms with Crippen LogP contribution >= 0.6 is 0 Å². The molecule has 6 heteroatoms. The third-order valence-corrected chi connectivity index (χ3v) is 4.19. The van der Waals surface area contributed by atoms with Gasteiger partial charge < -0.3 is 14.6 Å². The zero-order valence-electron chi connectivity index (χ0n) is 12.2. The minimum absolute atomic E-state index is 0.177. The topological polar surface area (TPSA) is 62.6 Å². The van der Waals surface area contributed by atoms with Crippen molar-refractivity contribution < 1.29 is 13.4 Å². The van der Waals surface area contributed by atoms with Crippen molar-refractivity contribution in [1.82, 2.24) is 4.90 Å². The van der Waals surface area contributed by atoms with E-state index in [4.69, 9.17) is 4.42 Å². The number of hydrogen-bond donors (Lipinski definition) is 1. The molecule has 1 N–H and O–H groups in total. The number of carbonyl (C=O) groups is 1. The van der Waals surface area contributed by atoms with Crippen LogP contribution in [-0.2, 0) is 10.8 Å². The van der Waals surface area contributed by atoms with Gasteiger partial charge in [0, 0.05) is 34.7 Å². The fourth-order valence-electron chi connectivity index (χ4n) is 1.86. The monoisotopic (exact) mass is 306 g/mol. The second-order valence-electron chi connectivity index (χ2n) is 4.71. The van der Waals surface area contributed by atoms with E-state index < -0.39 is 10.8 Å². The smallest absolute Gasteiger partial charge is 0.322 e. The molecule has 0 fully saturated rings. The van der Waals surface area contributed by atoms with E-state index in [1.807, 2.05) is 13.0 Å². The lowest BCUT2D eigenvalue weighted by Gasteiger charge is -2.23. The summed E-state index contributed by atoms with van der Waals surface area (Å²) in [7, 11) is 0.621. The lowest BCUT2D eigenvalue weighted by Crippen LogP contribution is -2.33. The number of nitrogens with zero attached hydrogens (tertiary/aromatic N) is 1. The number of nitrogens with one attached hydrogen (secondary N) is 1. The number of furan rings is 1. The predicted octanol–water partition coefficient (Wildman–Crippen LogP) is 3.24. The molecule has 0 bridgehead atoms. The average Bonchev–Trinajstić information content (AvgIpc) is 3.00. The molecule has 1 heterocycles. The van der Waals surface area contributed by atoms with Crippen LogP contribution in [0.15, 0.2) is 52.0 Å². The van der Waals surface area contributed by atoms with Gasteiger partial charge in [-0.1, -0.05) is 6.07 Å². The first kappa shape index (κ1) is 15.3. The van der Waals surface area contributed by atoms with Crippen molar-refractivity contribution in [3.05, 3.63) is 48.4 Å². The zero-order valence-corrected chi connectivity index (χ0v) is 13.0. The number of benzene rings is 1. The molecule has 2 atom stereocenters. The standard InChI is InChI=1S/C15H18N2O3S/c1-11(14-8-5-9-20-14)17(2)15(18)16-12-6-4-7-13(10-12)21(3)19/h4-11H,1-3H3,(H,16,18)/t11-,21+/m0/s1. The summed E-state index contributed by atoms with van der Waals surface area (Å²) in [4.78, 5) is 14.5. The van der Waals surface area contributed by atoms with Crippen molar-refractivity contribution in [2.24, 2.45) is 0 Å². The number of amides is 2. The molecule has 0 spiro atoms. The average molecular weight is 306 g/mol. The summed E-state index contributed by atoms with van der Waals surface area (Å²) in [5.74, 6) is 0.719. The number of rotatable bonds is 4. The van der Waals surface area contributed by atoms with Crippen molar-refractivity contribution in [2.75, 3.05) is 18.6 Å². The molecule has 5 nitrogen and oxygen atoms in total. The third-order valence-electron chi connectivity index (χ3n) is 3.27.